The fourth-order valence-corrected chi connectivity index (χ4v) is 6.28. The lowest BCUT2D eigenvalue weighted by atomic mass is 10.1. The number of hydrogen-bond donors (Lipinski definition) is 1. The molecule has 0 unspecified atom stereocenters. The first-order valence-corrected chi connectivity index (χ1v) is 15.6. The van der Waals surface area contributed by atoms with E-state index in [1.165, 1.54) is 17.0 Å². The van der Waals surface area contributed by atoms with Crippen LogP contribution in [-0.2, 0) is 32.6 Å². The van der Waals surface area contributed by atoms with Gasteiger partial charge in [-0.05, 0) is 76.9 Å². The van der Waals surface area contributed by atoms with Gasteiger partial charge >= 0.3 is 0 Å². The van der Waals surface area contributed by atoms with Gasteiger partial charge in [-0.3, -0.25) is 13.9 Å². The highest BCUT2D eigenvalue weighted by molar-refractivity contribution is 7.92. The summed E-state index contributed by atoms with van der Waals surface area (Å²) in [6, 6.07) is 17.6. The van der Waals surface area contributed by atoms with Crippen LogP contribution in [0, 0.1) is 6.92 Å². The summed E-state index contributed by atoms with van der Waals surface area (Å²) in [5, 5.41) is 3.57. The van der Waals surface area contributed by atoms with Gasteiger partial charge in [-0.1, -0.05) is 72.1 Å². The highest BCUT2D eigenvalue weighted by Crippen LogP contribution is 2.30. The van der Waals surface area contributed by atoms with Gasteiger partial charge in [0.15, 0.2) is 0 Å². The maximum Gasteiger partial charge on any atom is 0.264 e. The standard InChI is InChI=1S/C31H37Cl2N3O4S/c1-7-23-11-8-9-14-28(23)36(41(39,40)24-17-15-21(2)16-18-24)20-29(37)35(22(3)30(38)34-31(4,5)6)19-25-26(32)12-10-13-27(25)33/h8-18,22H,7,19-20H2,1-6H3,(H,34,38)/t22-/m1/s1. The van der Waals surface area contributed by atoms with Crippen molar-refractivity contribution in [1.29, 1.82) is 0 Å². The summed E-state index contributed by atoms with van der Waals surface area (Å²) in [5.74, 6) is -0.977. The third-order valence-corrected chi connectivity index (χ3v) is 9.07. The number of rotatable bonds is 10. The molecule has 0 fully saturated rings. The second kappa shape index (κ2) is 13.3. The van der Waals surface area contributed by atoms with Crippen molar-refractivity contribution in [2.24, 2.45) is 0 Å². The van der Waals surface area contributed by atoms with E-state index < -0.39 is 40.0 Å². The van der Waals surface area contributed by atoms with Crippen molar-refractivity contribution in [3.63, 3.8) is 0 Å². The van der Waals surface area contributed by atoms with Gasteiger partial charge in [-0.2, -0.15) is 0 Å². The number of para-hydroxylation sites is 1. The Morgan fingerprint density at radius 1 is 0.927 bits per heavy atom. The van der Waals surface area contributed by atoms with Crippen molar-refractivity contribution in [1.82, 2.24) is 10.2 Å². The van der Waals surface area contributed by atoms with Crippen molar-refractivity contribution in [3.05, 3.63) is 93.5 Å². The maximum absolute atomic E-state index is 14.2. The van der Waals surface area contributed by atoms with Crippen LogP contribution in [0.2, 0.25) is 10.0 Å². The average molecular weight is 619 g/mol. The number of benzene rings is 3. The largest absolute Gasteiger partial charge is 0.350 e. The second-order valence-corrected chi connectivity index (χ2v) is 13.6. The number of halogens is 2. The molecule has 7 nitrogen and oxygen atoms in total. The third-order valence-electron chi connectivity index (χ3n) is 6.58. The van der Waals surface area contributed by atoms with Crippen LogP contribution >= 0.6 is 23.2 Å². The normalized spacial score (nSPS) is 12.5. The van der Waals surface area contributed by atoms with Gasteiger partial charge < -0.3 is 10.2 Å². The molecule has 0 aromatic heterocycles. The lowest BCUT2D eigenvalue weighted by molar-refractivity contribution is -0.140. The van der Waals surface area contributed by atoms with Crippen LogP contribution in [0.5, 0.6) is 0 Å². The van der Waals surface area contributed by atoms with Crippen LogP contribution in [-0.4, -0.2) is 43.3 Å². The van der Waals surface area contributed by atoms with Crippen molar-refractivity contribution in [2.75, 3.05) is 10.8 Å². The predicted octanol–water partition coefficient (Wildman–Crippen LogP) is 6.39. The smallest absolute Gasteiger partial charge is 0.264 e. The van der Waals surface area contributed by atoms with Gasteiger partial charge in [0.05, 0.1) is 10.6 Å². The number of carbonyl (C=O) groups is 2. The molecule has 0 aliphatic rings. The fourth-order valence-electron chi connectivity index (χ4n) is 4.31. The van der Waals surface area contributed by atoms with Gasteiger partial charge in [0.2, 0.25) is 11.8 Å². The van der Waals surface area contributed by atoms with E-state index >= 15 is 0 Å². The van der Waals surface area contributed by atoms with E-state index in [9.17, 15) is 18.0 Å². The number of anilines is 1. The molecule has 220 valence electrons. The number of sulfonamides is 1. The molecule has 10 heteroatoms. The first-order valence-electron chi connectivity index (χ1n) is 13.4. The Bertz CT molecular complexity index is 1480. The number of carbonyl (C=O) groups excluding carboxylic acids is 2. The molecule has 0 heterocycles. The molecule has 1 N–H and O–H groups in total. The molecular weight excluding hydrogens is 581 g/mol. The Kier molecular flexibility index (Phi) is 10.5. The Labute approximate surface area is 253 Å². The molecule has 3 aromatic rings. The van der Waals surface area contributed by atoms with Gasteiger partial charge in [0.25, 0.3) is 10.0 Å². The summed E-state index contributed by atoms with van der Waals surface area (Å²) in [6.07, 6.45) is 0.549. The average Bonchev–Trinajstić information content (AvgIpc) is 2.90. The summed E-state index contributed by atoms with van der Waals surface area (Å²) >= 11 is 12.9. The lowest BCUT2D eigenvalue weighted by Crippen LogP contribution is -2.54. The van der Waals surface area contributed by atoms with Gasteiger partial charge in [-0.25, -0.2) is 8.42 Å². The van der Waals surface area contributed by atoms with Crippen LogP contribution in [0.25, 0.3) is 0 Å². The zero-order valence-electron chi connectivity index (χ0n) is 24.2. The minimum absolute atomic E-state index is 0.0565. The van der Waals surface area contributed by atoms with E-state index in [4.69, 9.17) is 23.2 Å². The highest BCUT2D eigenvalue weighted by Gasteiger charge is 2.34. The van der Waals surface area contributed by atoms with Gasteiger partial charge in [-0.15, -0.1) is 0 Å². The first-order chi connectivity index (χ1) is 19.2. The molecule has 0 saturated heterocycles. The molecule has 0 aliphatic carbocycles. The van der Waals surface area contributed by atoms with Crippen LogP contribution in [0.3, 0.4) is 0 Å². The second-order valence-electron chi connectivity index (χ2n) is 10.9. The lowest BCUT2D eigenvalue weighted by Gasteiger charge is -2.34. The van der Waals surface area contributed by atoms with Crippen molar-refractivity contribution in [2.45, 2.75) is 71.0 Å². The van der Waals surface area contributed by atoms with E-state index in [-0.39, 0.29) is 11.4 Å². The van der Waals surface area contributed by atoms with E-state index in [1.807, 2.05) is 46.8 Å². The maximum atomic E-state index is 14.2. The summed E-state index contributed by atoms with van der Waals surface area (Å²) in [6.45, 7) is 10.3. The Morgan fingerprint density at radius 2 is 1.51 bits per heavy atom. The van der Waals surface area contributed by atoms with E-state index in [0.717, 1.165) is 15.4 Å². The highest BCUT2D eigenvalue weighted by atomic mass is 35.5. The Morgan fingerprint density at radius 3 is 2.07 bits per heavy atom. The molecule has 2 amide bonds. The number of hydrogen-bond acceptors (Lipinski definition) is 4. The first kappa shape index (κ1) is 32.4. The zero-order chi connectivity index (χ0) is 30.5. The zero-order valence-corrected chi connectivity index (χ0v) is 26.6. The summed E-state index contributed by atoms with van der Waals surface area (Å²) in [5.41, 5.74) is 1.97. The van der Waals surface area contributed by atoms with Gasteiger partial charge in [0, 0.05) is 27.7 Å². The molecule has 3 rings (SSSR count). The van der Waals surface area contributed by atoms with E-state index in [1.54, 1.807) is 49.4 Å². The predicted molar refractivity (Wildman–Crippen MR) is 166 cm³/mol. The Balaban J connectivity index is 2.12. The molecule has 0 radical (unpaired) electrons. The third kappa shape index (κ3) is 8.03. The molecule has 0 bridgehead atoms. The summed E-state index contributed by atoms with van der Waals surface area (Å²) < 4.78 is 29.2. The molecule has 3 aromatic carbocycles. The summed E-state index contributed by atoms with van der Waals surface area (Å²) in [4.78, 5) is 28.8. The minimum Gasteiger partial charge on any atom is -0.350 e. The van der Waals surface area contributed by atoms with Crippen molar-refractivity contribution in [3.8, 4) is 0 Å². The van der Waals surface area contributed by atoms with Crippen LogP contribution in [0.1, 0.15) is 51.3 Å². The number of aryl methyl sites for hydroxylation is 2. The summed E-state index contributed by atoms with van der Waals surface area (Å²) in [7, 11) is -4.16. The minimum atomic E-state index is -4.16. The van der Waals surface area contributed by atoms with Gasteiger partial charge in [0.1, 0.15) is 12.6 Å². The number of nitrogens with one attached hydrogen (secondary N) is 1. The molecule has 0 spiro atoms. The van der Waals surface area contributed by atoms with E-state index in [0.29, 0.717) is 27.7 Å². The molecule has 41 heavy (non-hydrogen) atoms. The number of amides is 2. The van der Waals surface area contributed by atoms with E-state index in [2.05, 4.69) is 5.32 Å². The molecule has 0 aliphatic heterocycles. The molecular formula is C31H37Cl2N3O4S. The SMILES string of the molecule is CCc1ccccc1N(CC(=O)N(Cc1c(Cl)cccc1Cl)[C@H](C)C(=O)NC(C)(C)C)S(=O)(=O)c1ccc(C)cc1. The molecule has 0 saturated carbocycles. The van der Waals surface area contributed by atoms with Crippen molar-refractivity contribution < 1.29 is 18.0 Å². The molecule has 1 atom stereocenters. The monoisotopic (exact) mass is 617 g/mol. The van der Waals surface area contributed by atoms with Crippen LogP contribution in [0.4, 0.5) is 5.69 Å². The van der Waals surface area contributed by atoms with Crippen molar-refractivity contribution >= 4 is 50.7 Å². The fraction of sp³-hybridized carbons (Fsp3) is 0.355. The Hall–Kier alpha value is -3.07. The topological polar surface area (TPSA) is 86.8 Å². The van der Waals surface area contributed by atoms with Crippen LogP contribution in [0.15, 0.2) is 71.6 Å². The quantitative estimate of drug-likeness (QED) is 0.285. The van der Waals surface area contributed by atoms with Crippen LogP contribution < -0.4 is 9.62 Å². The number of nitrogens with zero attached hydrogens (tertiary/aromatic N) is 2.